The Hall–Kier alpha value is -0.580. The lowest BCUT2D eigenvalue weighted by Gasteiger charge is -2.30. The second kappa shape index (κ2) is 6.46. The molecule has 0 amide bonds. The van der Waals surface area contributed by atoms with E-state index >= 15 is 0 Å². The van der Waals surface area contributed by atoms with Crippen molar-refractivity contribution in [3.8, 4) is 5.75 Å². The van der Waals surface area contributed by atoms with Gasteiger partial charge in [0.2, 0.25) is 0 Å². The van der Waals surface area contributed by atoms with Gasteiger partial charge < -0.3 is 10.4 Å². The van der Waals surface area contributed by atoms with Gasteiger partial charge in [0.1, 0.15) is 5.75 Å². The van der Waals surface area contributed by atoms with Crippen LogP contribution >= 0.6 is 15.9 Å². The summed E-state index contributed by atoms with van der Waals surface area (Å²) < 4.78 is 1.04. The highest BCUT2D eigenvalue weighted by atomic mass is 79.9. The monoisotopic (exact) mass is 338 g/mol. The number of hydrogen-bond acceptors (Lipinski definition) is 3. The normalized spacial score (nSPS) is 23.2. The van der Waals surface area contributed by atoms with Gasteiger partial charge in [-0.1, -0.05) is 15.9 Å². The minimum Gasteiger partial charge on any atom is -0.508 e. The van der Waals surface area contributed by atoms with Crippen molar-refractivity contribution in [3.05, 3.63) is 28.2 Å². The molecule has 2 N–H and O–H groups in total. The number of rotatable bonds is 5. The second-order valence-electron chi connectivity index (χ2n) is 6.15. The number of aromatic hydroxyl groups is 1. The third kappa shape index (κ3) is 3.74. The summed E-state index contributed by atoms with van der Waals surface area (Å²) in [5.41, 5.74) is 1.04. The Bertz CT molecular complexity index is 456. The lowest BCUT2D eigenvalue weighted by molar-refractivity contribution is 0.191. The number of phenols is 1. The van der Waals surface area contributed by atoms with Gasteiger partial charge in [-0.15, -0.1) is 0 Å². The van der Waals surface area contributed by atoms with E-state index in [1.165, 1.54) is 32.2 Å². The van der Waals surface area contributed by atoms with E-state index in [9.17, 15) is 5.11 Å². The molecular formula is C16H23BrN2O. The number of halogens is 1. The summed E-state index contributed by atoms with van der Waals surface area (Å²) in [5.74, 6) is 1.18. The standard InChI is InChI=1S/C16H23BrN2O/c17-14-3-6-16(20)13(8-14)11-19(15-4-5-15)10-12-2-1-7-18-9-12/h3,6,8,12,15,18,20H,1-2,4-5,7,9-11H2. The minimum atomic E-state index is 0.417. The minimum absolute atomic E-state index is 0.417. The average Bonchev–Trinajstić information content (AvgIpc) is 3.28. The lowest BCUT2D eigenvalue weighted by Crippen LogP contribution is -2.39. The molecule has 1 atom stereocenters. The van der Waals surface area contributed by atoms with E-state index in [4.69, 9.17) is 0 Å². The molecule has 1 aliphatic heterocycles. The summed E-state index contributed by atoms with van der Waals surface area (Å²) in [7, 11) is 0. The highest BCUT2D eigenvalue weighted by molar-refractivity contribution is 9.10. The molecule has 0 spiro atoms. The first-order chi connectivity index (χ1) is 9.72. The molecule has 3 nitrogen and oxygen atoms in total. The maximum atomic E-state index is 10.0. The van der Waals surface area contributed by atoms with Crippen molar-refractivity contribution in [2.45, 2.75) is 38.3 Å². The van der Waals surface area contributed by atoms with Crippen molar-refractivity contribution in [2.75, 3.05) is 19.6 Å². The van der Waals surface area contributed by atoms with Crippen molar-refractivity contribution in [3.63, 3.8) is 0 Å². The molecule has 0 radical (unpaired) electrons. The molecular weight excluding hydrogens is 316 g/mol. The number of nitrogens with one attached hydrogen (secondary N) is 1. The highest BCUT2D eigenvalue weighted by Gasteiger charge is 2.31. The van der Waals surface area contributed by atoms with Gasteiger partial charge in [-0.05, 0) is 62.9 Å². The number of phenolic OH excluding ortho intramolecular Hbond substituents is 1. The van der Waals surface area contributed by atoms with Crippen LogP contribution in [0.5, 0.6) is 5.75 Å². The van der Waals surface area contributed by atoms with Crippen molar-refractivity contribution < 1.29 is 5.11 Å². The largest absolute Gasteiger partial charge is 0.508 e. The van der Waals surface area contributed by atoms with Crippen LogP contribution in [-0.2, 0) is 6.54 Å². The van der Waals surface area contributed by atoms with Gasteiger partial charge >= 0.3 is 0 Å². The molecule has 1 saturated heterocycles. The van der Waals surface area contributed by atoms with Crippen molar-refractivity contribution in [1.82, 2.24) is 10.2 Å². The molecule has 20 heavy (non-hydrogen) atoms. The van der Waals surface area contributed by atoms with Crippen LogP contribution in [0, 0.1) is 5.92 Å². The van der Waals surface area contributed by atoms with Crippen LogP contribution in [0.25, 0.3) is 0 Å². The zero-order valence-electron chi connectivity index (χ0n) is 11.8. The number of hydrogen-bond donors (Lipinski definition) is 2. The van der Waals surface area contributed by atoms with Crippen LogP contribution in [0.2, 0.25) is 0 Å². The fourth-order valence-electron chi connectivity index (χ4n) is 3.09. The van der Waals surface area contributed by atoms with Crippen LogP contribution in [-0.4, -0.2) is 35.7 Å². The van der Waals surface area contributed by atoms with Crippen LogP contribution in [0.1, 0.15) is 31.2 Å². The summed E-state index contributed by atoms with van der Waals surface area (Å²) >= 11 is 3.50. The van der Waals surface area contributed by atoms with Crippen molar-refractivity contribution in [2.24, 2.45) is 5.92 Å². The van der Waals surface area contributed by atoms with Gasteiger partial charge in [0.05, 0.1) is 0 Å². The molecule has 1 saturated carbocycles. The SMILES string of the molecule is Oc1ccc(Br)cc1CN(CC1CCCNC1)C1CC1. The van der Waals surface area contributed by atoms with E-state index in [2.05, 4.69) is 26.1 Å². The van der Waals surface area contributed by atoms with E-state index in [1.807, 2.05) is 12.1 Å². The molecule has 4 heteroatoms. The average molecular weight is 339 g/mol. The van der Waals surface area contributed by atoms with E-state index in [0.717, 1.165) is 41.6 Å². The van der Waals surface area contributed by atoms with E-state index in [0.29, 0.717) is 5.75 Å². The van der Waals surface area contributed by atoms with Crippen LogP contribution < -0.4 is 5.32 Å². The zero-order chi connectivity index (χ0) is 13.9. The molecule has 2 fully saturated rings. The predicted octanol–water partition coefficient (Wildman–Crippen LogP) is 3.12. The Morgan fingerprint density at radius 1 is 1.30 bits per heavy atom. The predicted molar refractivity (Wildman–Crippen MR) is 84.8 cm³/mol. The Morgan fingerprint density at radius 3 is 2.85 bits per heavy atom. The first kappa shape index (κ1) is 14.4. The molecule has 1 unspecified atom stereocenters. The Morgan fingerprint density at radius 2 is 2.15 bits per heavy atom. The van der Waals surface area contributed by atoms with Gasteiger partial charge in [-0.3, -0.25) is 4.90 Å². The Labute approximate surface area is 129 Å². The molecule has 2 aliphatic rings. The number of piperidine rings is 1. The molecule has 3 rings (SSSR count). The van der Waals surface area contributed by atoms with E-state index in [1.54, 1.807) is 6.07 Å². The first-order valence-electron chi connectivity index (χ1n) is 7.64. The Balaban J connectivity index is 1.66. The molecule has 1 aromatic rings. The maximum absolute atomic E-state index is 10.0. The van der Waals surface area contributed by atoms with Gasteiger partial charge in [0.15, 0.2) is 0 Å². The molecule has 1 aromatic carbocycles. The topological polar surface area (TPSA) is 35.5 Å². The third-order valence-corrected chi connectivity index (χ3v) is 4.86. The third-order valence-electron chi connectivity index (χ3n) is 4.37. The Kier molecular flexibility index (Phi) is 4.64. The number of benzene rings is 1. The number of nitrogens with zero attached hydrogens (tertiary/aromatic N) is 1. The molecule has 1 aliphatic carbocycles. The quantitative estimate of drug-likeness (QED) is 0.865. The van der Waals surface area contributed by atoms with E-state index in [-0.39, 0.29) is 0 Å². The van der Waals surface area contributed by atoms with Gasteiger partial charge in [-0.25, -0.2) is 0 Å². The summed E-state index contributed by atoms with van der Waals surface area (Å²) in [6.45, 7) is 4.34. The van der Waals surface area contributed by atoms with Crippen LogP contribution in [0.15, 0.2) is 22.7 Å². The fourth-order valence-corrected chi connectivity index (χ4v) is 3.50. The zero-order valence-corrected chi connectivity index (χ0v) is 13.4. The summed E-state index contributed by atoms with van der Waals surface area (Å²) in [6.07, 6.45) is 5.26. The van der Waals surface area contributed by atoms with Gasteiger partial charge in [-0.2, -0.15) is 0 Å². The first-order valence-corrected chi connectivity index (χ1v) is 8.44. The smallest absolute Gasteiger partial charge is 0.120 e. The van der Waals surface area contributed by atoms with Crippen molar-refractivity contribution in [1.29, 1.82) is 0 Å². The highest BCUT2D eigenvalue weighted by Crippen LogP contribution is 2.32. The van der Waals surface area contributed by atoms with Crippen molar-refractivity contribution >= 4 is 15.9 Å². The maximum Gasteiger partial charge on any atom is 0.120 e. The van der Waals surface area contributed by atoms with E-state index < -0.39 is 0 Å². The van der Waals surface area contributed by atoms with Crippen LogP contribution in [0.4, 0.5) is 0 Å². The summed E-state index contributed by atoms with van der Waals surface area (Å²) in [6, 6.07) is 6.46. The molecule has 0 bridgehead atoms. The van der Waals surface area contributed by atoms with Gasteiger partial charge in [0.25, 0.3) is 0 Å². The van der Waals surface area contributed by atoms with Gasteiger partial charge in [0, 0.05) is 29.2 Å². The molecule has 110 valence electrons. The van der Waals surface area contributed by atoms with Crippen LogP contribution in [0.3, 0.4) is 0 Å². The molecule has 1 heterocycles. The second-order valence-corrected chi connectivity index (χ2v) is 7.06. The molecule has 0 aromatic heterocycles. The fraction of sp³-hybridized carbons (Fsp3) is 0.625. The lowest BCUT2D eigenvalue weighted by atomic mass is 9.98. The summed E-state index contributed by atoms with van der Waals surface area (Å²) in [4.78, 5) is 2.57. The summed E-state index contributed by atoms with van der Waals surface area (Å²) in [5, 5.41) is 13.5.